The summed E-state index contributed by atoms with van der Waals surface area (Å²) in [5.74, 6) is 0.601. The molecule has 1 amide bonds. The topological polar surface area (TPSA) is 41.9 Å². The van der Waals surface area contributed by atoms with E-state index in [4.69, 9.17) is 4.74 Å². The average molecular weight is 314 g/mol. The highest BCUT2D eigenvalue weighted by atomic mass is 32.2. The minimum atomic E-state index is -0.0362. The zero-order valence-electron chi connectivity index (χ0n) is 12.7. The number of carbonyl (C=O) groups excluding carboxylic acids is 1. The molecule has 0 saturated heterocycles. The molecule has 4 nitrogen and oxygen atoms in total. The maximum Gasteiger partial charge on any atom is 0.264 e. The summed E-state index contributed by atoms with van der Waals surface area (Å²) in [6, 6.07) is 11.8. The standard InChI is InChI=1S/C17H18N2O2S/c1-3-21-14-9-8-12-6-4-5-7-13(12)15(14)16(20)19-11-10-18-17(19)22-2/h4-9H,3,10-11H2,1-2H3. The van der Waals surface area contributed by atoms with Gasteiger partial charge in [-0.1, -0.05) is 42.1 Å². The SMILES string of the molecule is CCOc1ccc2ccccc2c1C(=O)N1CCN=C1SC. The number of fused-ring (bicyclic) bond motifs is 1. The van der Waals surface area contributed by atoms with Gasteiger partial charge in [-0.2, -0.15) is 0 Å². The molecule has 0 aliphatic carbocycles. The molecule has 114 valence electrons. The Labute approximate surface area is 134 Å². The number of rotatable bonds is 3. The highest BCUT2D eigenvalue weighted by molar-refractivity contribution is 8.13. The Hall–Kier alpha value is -2.01. The Morgan fingerprint density at radius 1 is 1.32 bits per heavy atom. The van der Waals surface area contributed by atoms with Crippen LogP contribution in [0.25, 0.3) is 10.8 Å². The lowest BCUT2D eigenvalue weighted by molar-refractivity contribution is 0.0858. The lowest BCUT2D eigenvalue weighted by Gasteiger charge is -2.20. The summed E-state index contributed by atoms with van der Waals surface area (Å²) in [6.07, 6.45) is 1.94. The van der Waals surface area contributed by atoms with Crippen LogP contribution < -0.4 is 4.74 Å². The summed E-state index contributed by atoms with van der Waals surface area (Å²) >= 11 is 1.50. The number of nitrogens with zero attached hydrogens (tertiary/aromatic N) is 2. The molecule has 2 aromatic rings. The van der Waals surface area contributed by atoms with E-state index in [0.717, 1.165) is 15.9 Å². The van der Waals surface area contributed by atoms with Crippen molar-refractivity contribution in [3.05, 3.63) is 42.0 Å². The second kappa shape index (κ2) is 6.40. The van der Waals surface area contributed by atoms with E-state index >= 15 is 0 Å². The first-order valence-electron chi connectivity index (χ1n) is 7.31. The predicted octanol–water partition coefficient (Wildman–Crippen LogP) is 3.41. The van der Waals surface area contributed by atoms with Gasteiger partial charge >= 0.3 is 0 Å². The maximum atomic E-state index is 13.1. The molecular formula is C17H18N2O2S. The fourth-order valence-corrected chi connectivity index (χ4v) is 3.29. The summed E-state index contributed by atoms with van der Waals surface area (Å²) < 4.78 is 5.70. The van der Waals surface area contributed by atoms with Crippen molar-refractivity contribution in [2.45, 2.75) is 6.92 Å². The van der Waals surface area contributed by atoms with E-state index in [1.54, 1.807) is 4.90 Å². The Morgan fingerprint density at radius 2 is 2.14 bits per heavy atom. The molecule has 1 aliphatic rings. The smallest absolute Gasteiger partial charge is 0.264 e. The van der Waals surface area contributed by atoms with Crippen molar-refractivity contribution >= 4 is 33.6 Å². The minimum absolute atomic E-state index is 0.0362. The summed E-state index contributed by atoms with van der Waals surface area (Å²) in [7, 11) is 0. The van der Waals surface area contributed by atoms with Gasteiger partial charge in [0.05, 0.1) is 18.7 Å². The van der Waals surface area contributed by atoms with Crippen molar-refractivity contribution in [3.8, 4) is 5.75 Å². The molecule has 0 N–H and O–H groups in total. The normalized spacial score (nSPS) is 14.3. The molecule has 0 radical (unpaired) electrons. The number of amides is 1. The van der Waals surface area contributed by atoms with Gasteiger partial charge in [0.1, 0.15) is 5.75 Å². The third-order valence-corrected chi connectivity index (χ3v) is 4.35. The number of thioether (sulfide) groups is 1. The molecule has 0 atom stereocenters. The van der Waals surface area contributed by atoms with Crippen molar-refractivity contribution < 1.29 is 9.53 Å². The molecule has 2 aromatic carbocycles. The van der Waals surface area contributed by atoms with Crippen LogP contribution in [0.4, 0.5) is 0 Å². The fraction of sp³-hybridized carbons (Fsp3) is 0.294. The van der Waals surface area contributed by atoms with Crippen LogP contribution in [0, 0.1) is 0 Å². The zero-order valence-corrected chi connectivity index (χ0v) is 13.5. The zero-order chi connectivity index (χ0) is 15.5. The maximum absolute atomic E-state index is 13.1. The predicted molar refractivity (Wildman–Crippen MR) is 92.0 cm³/mol. The molecule has 0 unspecified atom stereocenters. The first-order chi connectivity index (χ1) is 10.8. The molecule has 1 aliphatic heterocycles. The van der Waals surface area contributed by atoms with Gasteiger partial charge in [-0.15, -0.1) is 0 Å². The summed E-state index contributed by atoms with van der Waals surface area (Å²) in [6.45, 7) is 3.75. The van der Waals surface area contributed by atoms with E-state index in [2.05, 4.69) is 4.99 Å². The van der Waals surface area contributed by atoms with Crippen LogP contribution in [0.5, 0.6) is 5.75 Å². The highest BCUT2D eigenvalue weighted by Crippen LogP contribution is 2.30. The van der Waals surface area contributed by atoms with Crippen molar-refractivity contribution in [2.75, 3.05) is 26.0 Å². The number of benzene rings is 2. The van der Waals surface area contributed by atoms with Gasteiger partial charge in [-0.3, -0.25) is 14.7 Å². The third-order valence-electron chi connectivity index (χ3n) is 3.63. The van der Waals surface area contributed by atoms with Crippen LogP contribution in [-0.4, -0.2) is 41.9 Å². The highest BCUT2D eigenvalue weighted by Gasteiger charge is 2.28. The molecule has 1 heterocycles. The van der Waals surface area contributed by atoms with E-state index in [9.17, 15) is 4.79 Å². The molecule has 5 heteroatoms. The van der Waals surface area contributed by atoms with Crippen LogP contribution in [0.1, 0.15) is 17.3 Å². The summed E-state index contributed by atoms with van der Waals surface area (Å²) in [5, 5.41) is 2.74. The second-order valence-electron chi connectivity index (χ2n) is 4.92. The number of aliphatic imine (C=N–C) groups is 1. The fourth-order valence-electron chi connectivity index (χ4n) is 2.67. The number of carbonyl (C=O) groups is 1. The second-order valence-corrected chi connectivity index (χ2v) is 5.69. The van der Waals surface area contributed by atoms with Crippen molar-refractivity contribution in [1.29, 1.82) is 0 Å². The summed E-state index contributed by atoms with van der Waals surface area (Å²) in [4.78, 5) is 19.2. The third kappa shape index (κ3) is 2.57. The van der Waals surface area contributed by atoms with E-state index in [1.807, 2.05) is 49.6 Å². The Kier molecular flexibility index (Phi) is 4.34. The van der Waals surface area contributed by atoms with Gasteiger partial charge in [0.25, 0.3) is 5.91 Å². The molecule has 3 rings (SSSR count). The van der Waals surface area contributed by atoms with E-state index in [1.165, 1.54) is 11.8 Å². The first kappa shape index (κ1) is 14.9. The minimum Gasteiger partial charge on any atom is -0.493 e. The summed E-state index contributed by atoms with van der Waals surface area (Å²) in [5.41, 5.74) is 0.628. The molecule has 0 spiro atoms. The number of hydrogen-bond donors (Lipinski definition) is 0. The molecule has 0 saturated carbocycles. The molecular weight excluding hydrogens is 296 g/mol. The number of hydrogen-bond acceptors (Lipinski definition) is 4. The molecule has 0 bridgehead atoms. The van der Waals surface area contributed by atoms with Crippen LogP contribution in [-0.2, 0) is 0 Å². The first-order valence-corrected chi connectivity index (χ1v) is 8.53. The van der Waals surface area contributed by atoms with E-state index in [0.29, 0.717) is 31.0 Å². The van der Waals surface area contributed by atoms with Gasteiger partial charge < -0.3 is 4.74 Å². The van der Waals surface area contributed by atoms with Gasteiger partial charge in [0, 0.05) is 6.54 Å². The quantitative estimate of drug-likeness (QED) is 0.872. The van der Waals surface area contributed by atoms with Crippen molar-refractivity contribution in [2.24, 2.45) is 4.99 Å². The molecule has 0 aromatic heterocycles. The Bertz CT molecular complexity index is 743. The van der Waals surface area contributed by atoms with Gasteiger partial charge in [0.15, 0.2) is 5.17 Å². The van der Waals surface area contributed by atoms with E-state index < -0.39 is 0 Å². The van der Waals surface area contributed by atoms with Crippen LogP contribution in [0.2, 0.25) is 0 Å². The largest absolute Gasteiger partial charge is 0.493 e. The number of amidine groups is 1. The van der Waals surface area contributed by atoms with Crippen LogP contribution >= 0.6 is 11.8 Å². The monoisotopic (exact) mass is 314 g/mol. The molecule has 22 heavy (non-hydrogen) atoms. The number of ether oxygens (including phenoxy) is 1. The average Bonchev–Trinajstić information content (AvgIpc) is 3.03. The van der Waals surface area contributed by atoms with Crippen LogP contribution in [0.15, 0.2) is 41.4 Å². The van der Waals surface area contributed by atoms with Gasteiger partial charge in [-0.25, -0.2) is 0 Å². The van der Waals surface area contributed by atoms with Crippen molar-refractivity contribution in [1.82, 2.24) is 4.90 Å². The van der Waals surface area contributed by atoms with Crippen LogP contribution in [0.3, 0.4) is 0 Å². The molecule has 0 fully saturated rings. The van der Waals surface area contributed by atoms with Gasteiger partial charge in [-0.05, 0) is 30.0 Å². The lowest BCUT2D eigenvalue weighted by Crippen LogP contribution is -2.33. The Balaban J connectivity index is 2.13. The lowest BCUT2D eigenvalue weighted by atomic mass is 10.0. The van der Waals surface area contributed by atoms with Gasteiger partial charge in [0.2, 0.25) is 0 Å². The van der Waals surface area contributed by atoms with Crippen molar-refractivity contribution in [3.63, 3.8) is 0 Å². The van der Waals surface area contributed by atoms with E-state index in [-0.39, 0.29) is 5.91 Å². The Morgan fingerprint density at radius 3 is 2.91 bits per heavy atom.